The fraction of sp³-hybridized carbons (Fsp3) is 0.923. The van der Waals surface area contributed by atoms with Gasteiger partial charge in [-0.15, -0.1) is 0 Å². The molecule has 0 aromatic carbocycles. The maximum atomic E-state index is 12.2. The van der Waals surface area contributed by atoms with Crippen molar-refractivity contribution in [2.45, 2.75) is 50.2 Å². The molecule has 1 saturated carbocycles. The molecular formula is C13H23NO6S. The van der Waals surface area contributed by atoms with Crippen LogP contribution in [0.1, 0.15) is 33.1 Å². The second-order valence-electron chi connectivity index (χ2n) is 6.04. The van der Waals surface area contributed by atoms with E-state index in [1.807, 2.05) is 0 Å². The van der Waals surface area contributed by atoms with Crippen LogP contribution in [-0.4, -0.2) is 55.7 Å². The minimum Gasteiger partial charge on any atom is -0.465 e. The minimum absolute atomic E-state index is 0.0515. The number of sulfone groups is 1. The molecule has 2 aliphatic rings. The summed E-state index contributed by atoms with van der Waals surface area (Å²) >= 11 is 0. The molecule has 0 unspecified atom stereocenters. The average Bonchev–Trinajstić information content (AvgIpc) is 2.80. The molecule has 1 amide bonds. The number of nitrogens with one attached hydrogen (secondary N) is 1. The van der Waals surface area contributed by atoms with Gasteiger partial charge in [0.25, 0.3) is 0 Å². The minimum atomic E-state index is -3.26. The molecule has 1 aliphatic carbocycles. The Morgan fingerprint density at radius 2 is 2.00 bits per heavy atom. The Hall–Kier alpha value is -0.860. The Bertz CT molecular complexity index is 483. The maximum Gasteiger partial charge on any atom is 0.404 e. The Balaban J connectivity index is 2.14. The lowest BCUT2D eigenvalue weighted by atomic mass is 9.81. The van der Waals surface area contributed by atoms with E-state index in [4.69, 9.17) is 14.6 Å². The van der Waals surface area contributed by atoms with Gasteiger partial charge in [0, 0.05) is 18.9 Å². The molecule has 122 valence electrons. The standard InChI is InChI=1S/C13H23NO6S/c1-9(2)21(17,18)8-10-7-13(19-5-6-20-13)4-3-11(10)14-12(15)16/h9-11,14H,3-8H2,1-2H3,(H,15,16)/t10-,11-/m0/s1. The summed E-state index contributed by atoms with van der Waals surface area (Å²) in [5.74, 6) is -1.11. The highest BCUT2D eigenvalue weighted by molar-refractivity contribution is 7.91. The van der Waals surface area contributed by atoms with Gasteiger partial charge in [0.05, 0.1) is 24.2 Å². The highest BCUT2D eigenvalue weighted by Gasteiger charge is 2.46. The first kappa shape index (κ1) is 16.5. The molecule has 2 fully saturated rings. The second kappa shape index (κ2) is 6.10. The van der Waals surface area contributed by atoms with Gasteiger partial charge in [0.2, 0.25) is 0 Å². The Kier molecular flexibility index (Phi) is 4.79. The first-order chi connectivity index (χ1) is 9.74. The number of carbonyl (C=O) groups is 1. The zero-order valence-electron chi connectivity index (χ0n) is 12.4. The third-order valence-electron chi connectivity index (χ3n) is 4.27. The molecule has 1 spiro atoms. The number of amides is 1. The SMILES string of the molecule is CC(C)S(=O)(=O)C[C@@H]1CC2(CC[C@@H]1NC(=O)O)OCCO2. The van der Waals surface area contributed by atoms with E-state index in [0.717, 1.165) is 0 Å². The largest absolute Gasteiger partial charge is 0.465 e. The van der Waals surface area contributed by atoms with E-state index in [1.54, 1.807) is 13.8 Å². The van der Waals surface area contributed by atoms with Crippen LogP contribution in [0.25, 0.3) is 0 Å². The highest BCUT2D eigenvalue weighted by atomic mass is 32.2. The summed E-state index contributed by atoms with van der Waals surface area (Å²) in [5, 5.41) is 10.9. The molecule has 0 aromatic rings. The molecule has 2 atom stereocenters. The van der Waals surface area contributed by atoms with Crippen molar-refractivity contribution >= 4 is 15.9 Å². The van der Waals surface area contributed by atoms with E-state index < -0.39 is 27.0 Å². The third-order valence-corrected chi connectivity index (χ3v) is 6.59. The molecule has 2 rings (SSSR count). The Morgan fingerprint density at radius 3 is 2.52 bits per heavy atom. The van der Waals surface area contributed by atoms with Crippen LogP contribution in [0.5, 0.6) is 0 Å². The number of carboxylic acid groups (broad SMARTS) is 1. The van der Waals surface area contributed by atoms with Gasteiger partial charge in [-0.05, 0) is 26.2 Å². The summed E-state index contributed by atoms with van der Waals surface area (Å²) in [4.78, 5) is 10.9. The molecule has 7 nitrogen and oxygen atoms in total. The van der Waals surface area contributed by atoms with Gasteiger partial charge in [0.15, 0.2) is 15.6 Å². The maximum absolute atomic E-state index is 12.2. The molecule has 2 N–H and O–H groups in total. The van der Waals surface area contributed by atoms with Crippen LogP contribution < -0.4 is 5.32 Å². The molecule has 0 radical (unpaired) electrons. The van der Waals surface area contributed by atoms with Gasteiger partial charge in [-0.1, -0.05) is 0 Å². The first-order valence-corrected chi connectivity index (χ1v) is 8.95. The fourth-order valence-corrected chi connectivity index (χ4v) is 4.36. The quantitative estimate of drug-likeness (QED) is 0.800. The number of hydrogen-bond donors (Lipinski definition) is 2. The zero-order valence-corrected chi connectivity index (χ0v) is 13.2. The van der Waals surface area contributed by atoms with Gasteiger partial charge < -0.3 is 19.9 Å². The smallest absolute Gasteiger partial charge is 0.404 e. The Morgan fingerprint density at radius 1 is 1.38 bits per heavy atom. The van der Waals surface area contributed by atoms with Gasteiger partial charge in [-0.3, -0.25) is 0 Å². The number of hydrogen-bond acceptors (Lipinski definition) is 5. The molecule has 1 aliphatic heterocycles. The van der Waals surface area contributed by atoms with Gasteiger partial charge in [-0.2, -0.15) is 0 Å². The molecule has 8 heteroatoms. The lowest BCUT2D eigenvalue weighted by Gasteiger charge is -2.41. The summed E-state index contributed by atoms with van der Waals surface area (Å²) in [7, 11) is -3.26. The summed E-state index contributed by atoms with van der Waals surface area (Å²) < 4.78 is 35.6. The van der Waals surface area contributed by atoms with Crippen molar-refractivity contribution in [2.24, 2.45) is 5.92 Å². The fourth-order valence-electron chi connectivity index (χ4n) is 3.03. The van der Waals surface area contributed by atoms with Crippen LogP contribution in [0.15, 0.2) is 0 Å². The van der Waals surface area contributed by atoms with E-state index in [0.29, 0.717) is 32.5 Å². The molecule has 0 aromatic heterocycles. The van der Waals surface area contributed by atoms with Crippen molar-refractivity contribution in [3.63, 3.8) is 0 Å². The molecule has 1 heterocycles. The van der Waals surface area contributed by atoms with Crippen molar-refractivity contribution in [3.8, 4) is 0 Å². The summed E-state index contributed by atoms with van der Waals surface area (Å²) in [6, 6.07) is -0.380. The van der Waals surface area contributed by atoms with E-state index in [1.165, 1.54) is 0 Å². The van der Waals surface area contributed by atoms with Crippen molar-refractivity contribution in [1.82, 2.24) is 5.32 Å². The van der Waals surface area contributed by atoms with Crippen LogP contribution in [0.3, 0.4) is 0 Å². The predicted molar refractivity (Wildman–Crippen MR) is 75.8 cm³/mol. The van der Waals surface area contributed by atoms with Crippen LogP contribution in [0.2, 0.25) is 0 Å². The van der Waals surface area contributed by atoms with Gasteiger partial charge in [0.1, 0.15) is 0 Å². The molecule has 0 bridgehead atoms. The highest BCUT2D eigenvalue weighted by Crippen LogP contribution is 2.39. The van der Waals surface area contributed by atoms with Crippen molar-refractivity contribution < 1.29 is 27.8 Å². The van der Waals surface area contributed by atoms with Crippen molar-refractivity contribution in [3.05, 3.63) is 0 Å². The van der Waals surface area contributed by atoms with E-state index >= 15 is 0 Å². The van der Waals surface area contributed by atoms with Crippen molar-refractivity contribution in [1.29, 1.82) is 0 Å². The van der Waals surface area contributed by atoms with E-state index in [9.17, 15) is 13.2 Å². The van der Waals surface area contributed by atoms with Crippen LogP contribution >= 0.6 is 0 Å². The van der Waals surface area contributed by atoms with E-state index in [2.05, 4.69) is 5.32 Å². The lowest BCUT2D eigenvalue weighted by molar-refractivity contribution is -0.188. The monoisotopic (exact) mass is 321 g/mol. The summed E-state index contributed by atoms with van der Waals surface area (Å²) in [6.07, 6.45) is 0.376. The zero-order chi connectivity index (χ0) is 15.7. The van der Waals surface area contributed by atoms with Gasteiger partial charge >= 0.3 is 6.09 Å². The van der Waals surface area contributed by atoms with E-state index in [-0.39, 0.29) is 17.7 Å². The lowest BCUT2D eigenvalue weighted by Crippen LogP contribution is -2.51. The van der Waals surface area contributed by atoms with Crippen molar-refractivity contribution in [2.75, 3.05) is 19.0 Å². The predicted octanol–water partition coefficient (Wildman–Crippen LogP) is 0.989. The van der Waals surface area contributed by atoms with Crippen LogP contribution in [0, 0.1) is 5.92 Å². The second-order valence-corrected chi connectivity index (χ2v) is 8.65. The first-order valence-electron chi connectivity index (χ1n) is 7.23. The van der Waals surface area contributed by atoms with Crippen LogP contribution in [0.4, 0.5) is 4.79 Å². The molecular weight excluding hydrogens is 298 g/mol. The molecule has 21 heavy (non-hydrogen) atoms. The summed E-state index contributed by atoms with van der Waals surface area (Å²) in [5.41, 5.74) is 0. The number of ether oxygens (including phenoxy) is 2. The number of rotatable bonds is 4. The topological polar surface area (TPSA) is 102 Å². The molecule has 1 saturated heterocycles. The normalized spacial score (nSPS) is 28.9. The Labute approximate surface area is 124 Å². The van der Waals surface area contributed by atoms with Crippen LogP contribution in [-0.2, 0) is 19.3 Å². The summed E-state index contributed by atoms with van der Waals surface area (Å²) in [6.45, 7) is 4.27. The van der Waals surface area contributed by atoms with Gasteiger partial charge in [-0.25, -0.2) is 13.2 Å². The third kappa shape index (κ3) is 3.87. The average molecular weight is 321 g/mol.